The third-order valence-corrected chi connectivity index (χ3v) is 2.77. The van der Waals surface area contributed by atoms with E-state index in [2.05, 4.69) is 5.22 Å². The summed E-state index contributed by atoms with van der Waals surface area (Å²) in [7, 11) is 0.976. The number of halogens is 5. The Hall–Kier alpha value is -1.67. The fourth-order valence-electron chi connectivity index (χ4n) is 1.93. The number of nitrogens with zero attached hydrogens (tertiary/aromatic N) is 5. The van der Waals surface area contributed by atoms with Gasteiger partial charge in [0.1, 0.15) is 5.22 Å². The normalized spacial score (nSPS) is 13.6. The zero-order valence-corrected chi connectivity index (χ0v) is 14.5. The summed E-state index contributed by atoms with van der Waals surface area (Å²) in [4.78, 5) is 4.36. The van der Waals surface area contributed by atoms with Crippen molar-refractivity contribution in [3.05, 3.63) is 28.4 Å². The molecule has 0 bridgehead atoms. The molecule has 0 amide bonds. The van der Waals surface area contributed by atoms with Crippen LogP contribution >= 0.6 is 20.1 Å². The van der Waals surface area contributed by atoms with Gasteiger partial charge in [-0.1, -0.05) is 11.6 Å². The van der Waals surface area contributed by atoms with Crippen molar-refractivity contribution in [2.45, 2.75) is 0 Å². The standard InChI is InChI=1S/C11H15ClN5O.F4HP/c1-14(2)11(15(3)4)16-9-6-5-8(12)7-10(9)17(18)13-16;1-5(2,3)4/h5-7H,1-4H3;5H/q+1;-1. The van der Waals surface area contributed by atoms with Gasteiger partial charge in [0.15, 0.2) is 0 Å². The van der Waals surface area contributed by atoms with E-state index in [1.165, 1.54) is 0 Å². The first-order valence-corrected chi connectivity index (χ1v) is 8.06. The van der Waals surface area contributed by atoms with E-state index < -0.39 is 8.51 Å². The van der Waals surface area contributed by atoms with E-state index in [-0.39, 0.29) is 0 Å². The van der Waals surface area contributed by atoms with Crippen LogP contribution in [0.4, 0.5) is 28.2 Å². The second-order valence-electron chi connectivity index (χ2n) is 4.82. The van der Waals surface area contributed by atoms with Gasteiger partial charge in [0.05, 0.1) is 28.2 Å². The Labute approximate surface area is 136 Å². The van der Waals surface area contributed by atoms with E-state index in [0.29, 0.717) is 21.3 Å². The van der Waals surface area contributed by atoms with E-state index in [4.69, 9.17) is 11.6 Å². The number of hydrogen-bond acceptors (Lipinski definition) is 2. The molecule has 1 aliphatic heterocycles. The molecule has 0 unspecified atom stereocenters. The molecule has 6 nitrogen and oxygen atoms in total. The average molecular weight is 377 g/mol. The number of guanidine groups is 1. The summed E-state index contributed by atoms with van der Waals surface area (Å²) in [5.74, 6) is 0.789. The number of rotatable bonds is 0. The van der Waals surface area contributed by atoms with Gasteiger partial charge in [0.25, 0.3) is 0 Å². The van der Waals surface area contributed by atoms with Crippen molar-refractivity contribution < 1.29 is 26.3 Å². The Balaban J connectivity index is 0.000000463. The Morgan fingerprint density at radius 3 is 2.00 bits per heavy atom. The molecule has 0 fully saturated rings. The van der Waals surface area contributed by atoms with E-state index >= 15 is 0 Å². The topological polar surface area (TPSA) is 47.9 Å². The molecule has 0 spiro atoms. The second kappa shape index (κ2) is 7.27. The molecular formula is C11H16ClF4N5OP. The van der Waals surface area contributed by atoms with Gasteiger partial charge >= 0.3 is 31.3 Å². The van der Waals surface area contributed by atoms with Crippen LogP contribution in [0.1, 0.15) is 0 Å². The molecule has 131 valence electrons. The van der Waals surface area contributed by atoms with Crippen LogP contribution in [0.15, 0.2) is 23.4 Å². The van der Waals surface area contributed by atoms with Crippen LogP contribution in [0.2, 0.25) is 5.02 Å². The van der Waals surface area contributed by atoms with Gasteiger partial charge in [0.2, 0.25) is 11.4 Å². The first-order valence-electron chi connectivity index (χ1n) is 6.17. The molecule has 0 atom stereocenters. The molecule has 0 aliphatic carbocycles. The van der Waals surface area contributed by atoms with Gasteiger partial charge in [-0.3, -0.25) is 0 Å². The molecule has 23 heavy (non-hydrogen) atoms. The second-order valence-corrected chi connectivity index (χ2v) is 6.12. The Bertz CT molecular complexity index is 632. The van der Waals surface area contributed by atoms with E-state index in [0.717, 1.165) is 5.96 Å². The van der Waals surface area contributed by atoms with Crippen molar-refractivity contribution in [1.29, 1.82) is 0 Å². The number of fused-ring (bicyclic) bond motifs is 1. The molecule has 0 saturated heterocycles. The minimum absolute atomic E-state index is 0.448. The van der Waals surface area contributed by atoms with Crippen LogP contribution in [0, 0.1) is 5.21 Å². The predicted molar refractivity (Wildman–Crippen MR) is 82.2 cm³/mol. The molecule has 12 heteroatoms. The molecule has 0 N–H and O–H groups in total. The summed E-state index contributed by atoms with van der Waals surface area (Å²) in [6.45, 7) is 0. The van der Waals surface area contributed by atoms with Crippen molar-refractivity contribution in [1.82, 2.24) is 9.80 Å². The summed E-state index contributed by atoms with van der Waals surface area (Å²) in [5, 5.41) is 16.3. The van der Waals surface area contributed by atoms with Gasteiger partial charge in [-0.05, 0) is 16.8 Å². The fraction of sp³-hybridized carbons (Fsp3) is 0.364. The zero-order chi connectivity index (χ0) is 17.9. The van der Waals surface area contributed by atoms with Crippen molar-refractivity contribution >= 4 is 37.4 Å². The maximum absolute atomic E-state index is 11.8. The van der Waals surface area contributed by atoms with Crippen LogP contribution in [-0.2, 0) is 0 Å². The van der Waals surface area contributed by atoms with Crippen LogP contribution in [0.5, 0.6) is 0 Å². The predicted octanol–water partition coefficient (Wildman–Crippen LogP) is 4.26. The summed E-state index contributed by atoms with van der Waals surface area (Å²) >= 11 is 5.89. The van der Waals surface area contributed by atoms with Crippen LogP contribution in [0.25, 0.3) is 0 Å². The quantitative estimate of drug-likeness (QED) is 0.223. The summed E-state index contributed by atoms with van der Waals surface area (Å²) in [6.07, 6.45) is 0. The Kier molecular flexibility index (Phi) is 6.12. The molecular weight excluding hydrogens is 361 g/mol. The molecule has 0 aromatic heterocycles. The van der Waals surface area contributed by atoms with Gasteiger partial charge in [-0.25, -0.2) is 9.80 Å². The molecule has 2 rings (SSSR count). The SMILES string of the molecule is CN(C)C(N(C)C)=[N+]1N=[N+]([O-])c2cc(Cl)ccc21.F[PH-](F)(F)F. The molecule has 1 aliphatic rings. The Morgan fingerprint density at radius 2 is 1.57 bits per heavy atom. The Morgan fingerprint density at radius 1 is 1.09 bits per heavy atom. The third-order valence-electron chi connectivity index (χ3n) is 2.53. The van der Waals surface area contributed by atoms with Crippen molar-refractivity contribution in [2.75, 3.05) is 28.2 Å². The van der Waals surface area contributed by atoms with Gasteiger partial charge in [0, 0.05) is 11.1 Å². The van der Waals surface area contributed by atoms with Crippen molar-refractivity contribution in [2.24, 2.45) is 5.22 Å². The fourth-order valence-corrected chi connectivity index (χ4v) is 2.10. The zero-order valence-electron chi connectivity index (χ0n) is 12.8. The summed E-state index contributed by atoms with van der Waals surface area (Å²) in [5.41, 5.74) is 1.16. The monoisotopic (exact) mass is 376 g/mol. The maximum atomic E-state index is 11.8. The first kappa shape index (κ1) is 19.4. The number of hydrogen-bond donors (Lipinski definition) is 0. The molecule has 1 aromatic rings. The van der Waals surface area contributed by atoms with Gasteiger partial charge < -0.3 is 5.21 Å². The van der Waals surface area contributed by atoms with E-state index in [1.807, 2.05) is 38.0 Å². The number of benzene rings is 1. The molecule has 1 aromatic carbocycles. The van der Waals surface area contributed by atoms with Crippen LogP contribution < -0.4 is 0 Å². The van der Waals surface area contributed by atoms with E-state index in [9.17, 15) is 22.0 Å². The van der Waals surface area contributed by atoms with E-state index in [1.54, 1.807) is 22.9 Å². The molecule has 1 heterocycles. The van der Waals surface area contributed by atoms with Crippen molar-refractivity contribution in [3.8, 4) is 0 Å². The van der Waals surface area contributed by atoms with Gasteiger partial charge in [-0.2, -0.15) is 0 Å². The van der Waals surface area contributed by atoms with Gasteiger partial charge in [-0.15, -0.1) is 4.86 Å². The minimum atomic E-state index is -6.61. The first-order chi connectivity index (χ1) is 10.4. The van der Waals surface area contributed by atoms with Crippen LogP contribution in [0.3, 0.4) is 0 Å². The van der Waals surface area contributed by atoms with Crippen molar-refractivity contribution in [3.63, 3.8) is 0 Å². The third kappa shape index (κ3) is 5.47. The molecule has 0 saturated carbocycles. The summed E-state index contributed by atoms with van der Waals surface area (Å²) < 4.78 is 40.9. The molecule has 0 radical (unpaired) electrons. The average Bonchev–Trinajstić information content (AvgIpc) is 2.63. The van der Waals surface area contributed by atoms with Crippen LogP contribution in [-0.4, -0.2) is 53.5 Å². The summed E-state index contributed by atoms with van der Waals surface area (Å²) in [6, 6.07) is 5.13.